The van der Waals surface area contributed by atoms with E-state index in [-0.39, 0.29) is 5.69 Å². The lowest BCUT2D eigenvalue weighted by Gasteiger charge is -2.05. The van der Waals surface area contributed by atoms with Crippen molar-refractivity contribution in [3.05, 3.63) is 44.9 Å². The van der Waals surface area contributed by atoms with Gasteiger partial charge in [0.05, 0.1) is 11.6 Å². The lowest BCUT2D eigenvalue weighted by atomic mass is 10.3. The molecule has 2 rings (SSSR count). The van der Waals surface area contributed by atoms with Crippen LogP contribution >= 0.6 is 22.9 Å². The number of nitrogens with zero attached hydrogens (tertiary/aromatic N) is 1. The van der Waals surface area contributed by atoms with Gasteiger partial charge in [-0.15, -0.1) is 11.3 Å². The molecule has 0 bridgehead atoms. The average molecular weight is 256 g/mol. The molecule has 84 valence electrons. The topological polar surface area (TPSA) is 42.2 Å². The minimum absolute atomic E-state index is 0.220. The second-order valence-electron chi connectivity index (χ2n) is 3.50. The number of hydrogen-bond acceptors (Lipinski definition) is 2. The van der Waals surface area contributed by atoms with Crippen molar-refractivity contribution in [1.82, 2.24) is 4.57 Å². The van der Waals surface area contributed by atoms with Crippen LogP contribution in [0.4, 0.5) is 0 Å². The fraction of sp³-hybridized carbons (Fsp3) is 0.182. The maximum Gasteiger partial charge on any atom is 0.352 e. The number of carboxylic acids is 1. The smallest absolute Gasteiger partial charge is 0.352 e. The zero-order valence-corrected chi connectivity index (χ0v) is 10.2. The molecule has 5 heteroatoms. The number of thiophene rings is 1. The van der Waals surface area contributed by atoms with Gasteiger partial charge in [-0.2, -0.15) is 0 Å². The summed E-state index contributed by atoms with van der Waals surface area (Å²) in [5.74, 6) is -0.957. The Labute approximate surface area is 102 Å². The molecule has 0 fully saturated rings. The molecule has 1 N–H and O–H groups in total. The lowest BCUT2D eigenvalue weighted by molar-refractivity contribution is 0.0685. The van der Waals surface area contributed by atoms with Crippen molar-refractivity contribution >= 4 is 28.9 Å². The van der Waals surface area contributed by atoms with Crippen LogP contribution in [0.1, 0.15) is 20.9 Å². The maximum atomic E-state index is 11.0. The van der Waals surface area contributed by atoms with Crippen molar-refractivity contribution in [2.45, 2.75) is 13.5 Å². The molecule has 0 spiro atoms. The van der Waals surface area contributed by atoms with Crippen LogP contribution in [0, 0.1) is 6.92 Å². The number of rotatable bonds is 3. The van der Waals surface area contributed by atoms with E-state index < -0.39 is 5.97 Å². The molecule has 0 aromatic carbocycles. The van der Waals surface area contributed by atoms with E-state index in [0.29, 0.717) is 11.6 Å². The van der Waals surface area contributed by atoms with Crippen molar-refractivity contribution in [2.24, 2.45) is 0 Å². The summed E-state index contributed by atoms with van der Waals surface area (Å²) in [6, 6.07) is 3.48. The van der Waals surface area contributed by atoms with E-state index in [0.717, 1.165) is 4.88 Å². The minimum atomic E-state index is -0.957. The van der Waals surface area contributed by atoms with Gasteiger partial charge in [-0.05, 0) is 30.0 Å². The molecule has 0 saturated carbocycles. The van der Waals surface area contributed by atoms with Gasteiger partial charge in [0, 0.05) is 11.1 Å². The molecule has 0 unspecified atom stereocenters. The fourth-order valence-electron chi connectivity index (χ4n) is 1.51. The van der Waals surface area contributed by atoms with E-state index in [2.05, 4.69) is 0 Å². The molecule has 0 radical (unpaired) electrons. The van der Waals surface area contributed by atoms with E-state index >= 15 is 0 Å². The Morgan fingerprint density at radius 2 is 2.38 bits per heavy atom. The SMILES string of the molecule is Cc1ccsc1Cn1cc(Cl)cc1C(=O)O. The predicted molar refractivity (Wildman–Crippen MR) is 64.6 cm³/mol. The molecular weight excluding hydrogens is 246 g/mol. The molecule has 2 aromatic rings. The molecule has 0 saturated heterocycles. The molecule has 0 amide bonds. The highest BCUT2D eigenvalue weighted by Crippen LogP contribution is 2.21. The van der Waals surface area contributed by atoms with Crippen molar-refractivity contribution in [3.63, 3.8) is 0 Å². The average Bonchev–Trinajstić information content (AvgIpc) is 2.75. The Morgan fingerprint density at radius 1 is 1.62 bits per heavy atom. The van der Waals surface area contributed by atoms with E-state index in [1.807, 2.05) is 18.4 Å². The van der Waals surface area contributed by atoms with Crippen LogP contribution in [-0.2, 0) is 6.54 Å². The third-order valence-electron chi connectivity index (χ3n) is 2.36. The predicted octanol–water partition coefficient (Wildman–Crippen LogP) is 3.26. The molecule has 0 atom stereocenters. The van der Waals surface area contributed by atoms with Crippen LogP contribution in [0.5, 0.6) is 0 Å². The third-order valence-corrected chi connectivity index (χ3v) is 3.58. The van der Waals surface area contributed by atoms with Gasteiger partial charge in [-0.1, -0.05) is 11.6 Å². The standard InChI is InChI=1S/C11H10ClNO2S/c1-7-2-3-16-10(7)6-13-5-8(12)4-9(13)11(14)15/h2-5H,6H2,1H3,(H,14,15). The largest absolute Gasteiger partial charge is 0.477 e. The number of carboxylic acid groups (broad SMARTS) is 1. The zero-order valence-electron chi connectivity index (χ0n) is 8.61. The molecule has 0 aliphatic carbocycles. The van der Waals surface area contributed by atoms with Crippen LogP contribution in [0.25, 0.3) is 0 Å². The highest BCUT2D eigenvalue weighted by molar-refractivity contribution is 7.10. The number of hydrogen-bond donors (Lipinski definition) is 1. The maximum absolute atomic E-state index is 11.0. The Balaban J connectivity index is 2.34. The van der Waals surface area contributed by atoms with Gasteiger partial charge in [0.25, 0.3) is 0 Å². The zero-order chi connectivity index (χ0) is 11.7. The van der Waals surface area contributed by atoms with Gasteiger partial charge in [0.15, 0.2) is 0 Å². The van der Waals surface area contributed by atoms with Gasteiger partial charge in [-0.3, -0.25) is 0 Å². The van der Waals surface area contributed by atoms with Crippen molar-refractivity contribution in [2.75, 3.05) is 0 Å². The van der Waals surface area contributed by atoms with Crippen LogP contribution in [0.3, 0.4) is 0 Å². The summed E-state index contributed by atoms with van der Waals surface area (Å²) in [5, 5.41) is 11.4. The summed E-state index contributed by atoms with van der Waals surface area (Å²) < 4.78 is 1.66. The van der Waals surface area contributed by atoms with Gasteiger partial charge < -0.3 is 9.67 Å². The lowest BCUT2D eigenvalue weighted by Crippen LogP contribution is -2.08. The van der Waals surface area contributed by atoms with E-state index in [1.54, 1.807) is 22.1 Å². The van der Waals surface area contributed by atoms with Crippen molar-refractivity contribution in [3.8, 4) is 0 Å². The molecule has 2 heterocycles. The summed E-state index contributed by atoms with van der Waals surface area (Å²) in [7, 11) is 0. The number of aromatic carboxylic acids is 1. The second-order valence-corrected chi connectivity index (χ2v) is 4.94. The summed E-state index contributed by atoms with van der Waals surface area (Å²) >= 11 is 7.43. The van der Waals surface area contributed by atoms with Gasteiger partial charge in [0.1, 0.15) is 5.69 Å². The fourth-order valence-corrected chi connectivity index (χ4v) is 2.63. The highest BCUT2D eigenvalue weighted by Gasteiger charge is 2.12. The van der Waals surface area contributed by atoms with Crippen LogP contribution in [-0.4, -0.2) is 15.6 Å². The first-order valence-electron chi connectivity index (χ1n) is 4.70. The Kier molecular flexibility index (Phi) is 3.03. The van der Waals surface area contributed by atoms with Crippen molar-refractivity contribution < 1.29 is 9.90 Å². The Morgan fingerprint density at radius 3 is 2.94 bits per heavy atom. The molecule has 0 aliphatic rings. The molecule has 2 aromatic heterocycles. The van der Waals surface area contributed by atoms with Gasteiger partial charge in [0.2, 0.25) is 0 Å². The van der Waals surface area contributed by atoms with E-state index in [4.69, 9.17) is 16.7 Å². The number of halogens is 1. The first-order chi connectivity index (χ1) is 7.58. The van der Waals surface area contributed by atoms with Crippen molar-refractivity contribution in [1.29, 1.82) is 0 Å². The molecule has 0 aliphatic heterocycles. The molecular formula is C11H10ClNO2S. The quantitative estimate of drug-likeness (QED) is 0.915. The third kappa shape index (κ3) is 2.13. The molecule has 16 heavy (non-hydrogen) atoms. The number of aryl methyl sites for hydroxylation is 1. The monoisotopic (exact) mass is 255 g/mol. The van der Waals surface area contributed by atoms with Gasteiger partial charge >= 0.3 is 5.97 Å². The highest BCUT2D eigenvalue weighted by atomic mass is 35.5. The van der Waals surface area contributed by atoms with Crippen LogP contribution in [0.2, 0.25) is 5.02 Å². The normalized spacial score (nSPS) is 10.6. The molecule has 3 nitrogen and oxygen atoms in total. The second kappa shape index (κ2) is 4.31. The first kappa shape index (κ1) is 11.2. The number of aromatic nitrogens is 1. The summed E-state index contributed by atoms with van der Waals surface area (Å²) in [6.07, 6.45) is 1.64. The van der Waals surface area contributed by atoms with Crippen LogP contribution in [0.15, 0.2) is 23.7 Å². The van der Waals surface area contributed by atoms with E-state index in [9.17, 15) is 4.79 Å². The summed E-state index contributed by atoms with van der Waals surface area (Å²) in [5.41, 5.74) is 1.39. The Bertz CT molecular complexity index is 530. The van der Waals surface area contributed by atoms with Gasteiger partial charge in [-0.25, -0.2) is 4.79 Å². The first-order valence-corrected chi connectivity index (χ1v) is 5.95. The summed E-state index contributed by atoms with van der Waals surface area (Å²) in [4.78, 5) is 12.1. The minimum Gasteiger partial charge on any atom is -0.477 e. The Hall–Kier alpha value is -1.26. The van der Waals surface area contributed by atoms with E-state index in [1.165, 1.54) is 11.6 Å². The number of carbonyl (C=O) groups is 1. The van der Waals surface area contributed by atoms with Crippen LogP contribution < -0.4 is 0 Å². The summed E-state index contributed by atoms with van der Waals surface area (Å²) in [6.45, 7) is 2.56.